The van der Waals surface area contributed by atoms with Gasteiger partial charge in [0.2, 0.25) is 11.9 Å². The van der Waals surface area contributed by atoms with E-state index in [1.165, 1.54) is 0 Å². The van der Waals surface area contributed by atoms with Crippen LogP contribution in [-0.2, 0) is 4.74 Å². The molecule has 8 nitrogen and oxygen atoms in total. The summed E-state index contributed by atoms with van der Waals surface area (Å²) in [4.78, 5) is 15.5. The molecule has 0 unspecified atom stereocenters. The van der Waals surface area contributed by atoms with Crippen LogP contribution in [0.3, 0.4) is 0 Å². The molecule has 0 amide bonds. The first-order valence-electron chi connectivity index (χ1n) is 7.01. The fourth-order valence-corrected chi connectivity index (χ4v) is 2.39. The molecule has 3 heterocycles. The summed E-state index contributed by atoms with van der Waals surface area (Å²) >= 11 is 0. The monoisotopic (exact) mass is 289 g/mol. The van der Waals surface area contributed by atoms with E-state index < -0.39 is 0 Å². The summed E-state index contributed by atoms with van der Waals surface area (Å²) in [7, 11) is 3.56. The lowest BCUT2D eigenvalue weighted by Gasteiger charge is -2.31. The number of rotatable bonds is 4. The number of nitrogens with one attached hydrogen (secondary N) is 1. The summed E-state index contributed by atoms with van der Waals surface area (Å²) in [6.45, 7) is 1.76. The third-order valence-corrected chi connectivity index (χ3v) is 3.60. The van der Waals surface area contributed by atoms with Crippen molar-refractivity contribution in [2.45, 2.75) is 18.9 Å². The lowest BCUT2D eigenvalue weighted by molar-refractivity contribution is 0.0816. The molecule has 0 aromatic carbocycles. The van der Waals surface area contributed by atoms with Crippen LogP contribution in [0.2, 0.25) is 0 Å². The van der Waals surface area contributed by atoms with Crippen LogP contribution in [0.5, 0.6) is 0 Å². The molecule has 1 saturated heterocycles. The highest BCUT2D eigenvalue weighted by Gasteiger charge is 2.22. The summed E-state index contributed by atoms with van der Waals surface area (Å²) in [5.74, 6) is 1.73. The van der Waals surface area contributed by atoms with Gasteiger partial charge in [-0.25, -0.2) is 4.68 Å². The van der Waals surface area contributed by atoms with Crippen LogP contribution < -0.4 is 10.2 Å². The highest BCUT2D eigenvalue weighted by molar-refractivity contribution is 5.40. The summed E-state index contributed by atoms with van der Waals surface area (Å²) in [6, 6.07) is 1.84. The SMILES string of the molecule is CNc1nc(N2CCC(OC)CC2)nc(-n2cccn2)n1. The summed E-state index contributed by atoms with van der Waals surface area (Å²) in [6.07, 6.45) is 5.81. The third-order valence-electron chi connectivity index (χ3n) is 3.60. The maximum absolute atomic E-state index is 5.40. The maximum atomic E-state index is 5.40. The van der Waals surface area contributed by atoms with Crippen molar-refractivity contribution >= 4 is 11.9 Å². The van der Waals surface area contributed by atoms with Gasteiger partial charge in [0.05, 0.1) is 6.10 Å². The van der Waals surface area contributed by atoms with Crippen molar-refractivity contribution in [2.75, 3.05) is 37.5 Å². The molecule has 0 bridgehead atoms. The Morgan fingerprint density at radius 2 is 1.95 bits per heavy atom. The Kier molecular flexibility index (Phi) is 3.96. The Bertz CT molecular complexity index is 578. The zero-order chi connectivity index (χ0) is 14.7. The van der Waals surface area contributed by atoms with Crippen LogP contribution in [0, 0.1) is 0 Å². The van der Waals surface area contributed by atoms with Gasteiger partial charge in [0.15, 0.2) is 0 Å². The smallest absolute Gasteiger partial charge is 0.257 e. The highest BCUT2D eigenvalue weighted by atomic mass is 16.5. The molecule has 0 atom stereocenters. The Labute approximate surface area is 123 Å². The zero-order valence-corrected chi connectivity index (χ0v) is 12.2. The fourth-order valence-electron chi connectivity index (χ4n) is 2.39. The number of hydrogen-bond acceptors (Lipinski definition) is 7. The third kappa shape index (κ3) is 2.94. The molecule has 3 rings (SSSR count). The molecule has 2 aromatic heterocycles. The molecule has 1 aliphatic rings. The first-order chi connectivity index (χ1) is 10.3. The van der Waals surface area contributed by atoms with E-state index in [0.29, 0.717) is 23.9 Å². The van der Waals surface area contributed by atoms with E-state index >= 15 is 0 Å². The number of anilines is 2. The Hall–Kier alpha value is -2.22. The predicted octanol–water partition coefficient (Wildman–Crippen LogP) is 0.714. The van der Waals surface area contributed by atoms with E-state index in [-0.39, 0.29) is 0 Å². The van der Waals surface area contributed by atoms with Crippen LogP contribution in [-0.4, -0.2) is 58.1 Å². The van der Waals surface area contributed by atoms with Gasteiger partial charge in [-0.15, -0.1) is 0 Å². The second-order valence-electron chi connectivity index (χ2n) is 4.88. The van der Waals surface area contributed by atoms with Crippen molar-refractivity contribution in [3.63, 3.8) is 0 Å². The average molecular weight is 289 g/mol. The van der Waals surface area contributed by atoms with Crippen LogP contribution in [0.1, 0.15) is 12.8 Å². The van der Waals surface area contributed by atoms with E-state index in [1.807, 2.05) is 12.3 Å². The van der Waals surface area contributed by atoms with Gasteiger partial charge in [-0.1, -0.05) is 0 Å². The summed E-state index contributed by atoms with van der Waals surface area (Å²) < 4.78 is 7.03. The normalized spacial score (nSPS) is 16.2. The van der Waals surface area contributed by atoms with E-state index in [9.17, 15) is 0 Å². The number of nitrogens with zero attached hydrogens (tertiary/aromatic N) is 6. The predicted molar refractivity (Wildman–Crippen MR) is 78.7 cm³/mol. The largest absolute Gasteiger partial charge is 0.381 e. The van der Waals surface area contributed by atoms with Gasteiger partial charge in [0, 0.05) is 39.6 Å². The van der Waals surface area contributed by atoms with Crippen molar-refractivity contribution in [3.05, 3.63) is 18.5 Å². The van der Waals surface area contributed by atoms with Gasteiger partial charge in [-0.05, 0) is 18.9 Å². The molecule has 0 aliphatic carbocycles. The van der Waals surface area contributed by atoms with E-state index in [1.54, 1.807) is 25.0 Å². The second-order valence-corrected chi connectivity index (χ2v) is 4.88. The number of hydrogen-bond donors (Lipinski definition) is 1. The Morgan fingerprint density at radius 3 is 2.57 bits per heavy atom. The molecular weight excluding hydrogens is 270 g/mol. The van der Waals surface area contributed by atoms with Crippen LogP contribution in [0.4, 0.5) is 11.9 Å². The molecule has 0 saturated carbocycles. The fraction of sp³-hybridized carbons (Fsp3) is 0.538. The molecule has 1 aliphatic heterocycles. The van der Waals surface area contributed by atoms with Crippen LogP contribution in [0.25, 0.3) is 5.95 Å². The molecule has 8 heteroatoms. The highest BCUT2D eigenvalue weighted by Crippen LogP contribution is 2.19. The number of piperidine rings is 1. The molecule has 0 radical (unpaired) electrons. The Morgan fingerprint density at radius 1 is 1.19 bits per heavy atom. The first-order valence-corrected chi connectivity index (χ1v) is 7.01. The minimum Gasteiger partial charge on any atom is -0.381 e. The van der Waals surface area contributed by atoms with Gasteiger partial charge < -0.3 is 15.0 Å². The average Bonchev–Trinajstić information content (AvgIpc) is 3.09. The van der Waals surface area contributed by atoms with Crippen molar-refractivity contribution < 1.29 is 4.74 Å². The van der Waals surface area contributed by atoms with Gasteiger partial charge in [-0.3, -0.25) is 0 Å². The van der Waals surface area contributed by atoms with E-state index in [4.69, 9.17) is 4.74 Å². The second kappa shape index (κ2) is 6.04. The van der Waals surface area contributed by atoms with Crippen molar-refractivity contribution in [1.29, 1.82) is 0 Å². The summed E-state index contributed by atoms with van der Waals surface area (Å²) in [5.41, 5.74) is 0. The van der Waals surface area contributed by atoms with Crippen molar-refractivity contribution in [2.24, 2.45) is 0 Å². The number of ether oxygens (including phenoxy) is 1. The van der Waals surface area contributed by atoms with Gasteiger partial charge in [-0.2, -0.15) is 20.1 Å². The quantitative estimate of drug-likeness (QED) is 0.888. The van der Waals surface area contributed by atoms with Gasteiger partial charge in [0.25, 0.3) is 5.95 Å². The van der Waals surface area contributed by atoms with E-state index in [2.05, 4.69) is 30.3 Å². The van der Waals surface area contributed by atoms with Crippen molar-refractivity contribution in [1.82, 2.24) is 24.7 Å². The van der Waals surface area contributed by atoms with Crippen LogP contribution in [0.15, 0.2) is 18.5 Å². The minimum absolute atomic E-state index is 0.331. The van der Waals surface area contributed by atoms with Gasteiger partial charge in [0.1, 0.15) is 0 Å². The molecule has 21 heavy (non-hydrogen) atoms. The minimum atomic E-state index is 0.331. The standard InChI is InChI=1S/C13H19N7O/c1-14-11-16-12(19-8-4-10(21-2)5-9-19)18-13(17-11)20-7-3-6-15-20/h3,6-7,10H,4-5,8-9H2,1-2H3,(H,14,16,17,18). The lowest BCUT2D eigenvalue weighted by atomic mass is 10.1. The lowest BCUT2D eigenvalue weighted by Crippen LogP contribution is -2.38. The molecular formula is C13H19N7O. The molecule has 1 fully saturated rings. The molecule has 2 aromatic rings. The van der Waals surface area contributed by atoms with Gasteiger partial charge >= 0.3 is 0 Å². The topological polar surface area (TPSA) is 81.0 Å². The first kappa shape index (κ1) is 13.7. The zero-order valence-electron chi connectivity index (χ0n) is 12.2. The molecule has 1 N–H and O–H groups in total. The Balaban J connectivity index is 1.86. The molecule has 112 valence electrons. The number of methoxy groups -OCH3 is 1. The van der Waals surface area contributed by atoms with E-state index in [0.717, 1.165) is 25.9 Å². The van der Waals surface area contributed by atoms with Crippen LogP contribution >= 0.6 is 0 Å². The number of aromatic nitrogens is 5. The maximum Gasteiger partial charge on any atom is 0.257 e. The summed E-state index contributed by atoms with van der Waals surface area (Å²) in [5, 5.41) is 7.15. The molecule has 0 spiro atoms. The van der Waals surface area contributed by atoms with Crippen molar-refractivity contribution in [3.8, 4) is 5.95 Å².